The fourth-order valence-corrected chi connectivity index (χ4v) is 4.31. The first-order valence-corrected chi connectivity index (χ1v) is 13.3. The van der Waals surface area contributed by atoms with Crippen LogP contribution in [-0.2, 0) is 4.74 Å². The molecule has 0 bridgehead atoms. The molecule has 3 rings (SSSR count). The van der Waals surface area contributed by atoms with Crippen LogP contribution in [0.1, 0.15) is 40.5 Å². The van der Waals surface area contributed by atoms with Crippen molar-refractivity contribution in [2.45, 2.75) is 46.6 Å². The summed E-state index contributed by atoms with van der Waals surface area (Å²) in [5.74, 6) is 1.80. The van der Waals surface area contributed by atoms with Gasteiger partial charge in [0.15, 0.2) is 17.1 Å². The highest BCUT2D eigenvalue weighted by Gasteiger charge is 2.18. The Labute approximate surface area is 230 Å². The predicted octanol–water partition coefficient (Wildman–Crippen LogP) is 5.21. The summed E-state index contributed by atoms with van der Waals surface area (Å²) in [6.07, 6.45) is 3.12. The van der Waals surface area contributed by atoms with E-state index < -0.39 is 6.09 Å². The van der Waals surface area contributed by atoms with Crippen LogP contribution < -0.4 is 24.8 Å². The van der Waals surface area contributed by atoms with Gasteiger partial charge in [0.25, 0.3) is 0 Å². The van der Waals surface area contributed by atoms with E-state index in [2.05, 4.69) is 41.3 Å². The molecule has 0 spiro atoms. The van der Waals surface area contributed by atoms with Crippen LogP contribution >= 0.6 is 0 Å². The van der Waals surface area contributed by atoms with Gasteiger partial charge in [0.05, 0.1) is 45.5 Å². The number of hydrogen-bond donors (Lipinski definition) is 2. The molecule has 3 aromatic rings. The lowest BCUT2D eigenvalue weighted by molar-refractivity contribution is 0.168. The Balaban J connectivity index is 1.98. The molecular weight excluding hydrogens is 500 g/mol. The van der Waals surface area contributed by atoms with E-state index in [-0.39, 0.29) is 12.6 Å². The molecule has 0 saturated heterocycles. The Morgan fingerprint density at radius 1 is 1.00 bits per heavy atom. The highest BCUT2D eigenvalue weighted by Crippen LogP contribution is 2.41. The molecule has 1 amide bonds. The molecule has 0 fully saturated rings. The molecule has 0 aliphatic rings. The van der Waals surface area contributed by atoms with E-state index in [1.54, 1.807) is 52.6 Å². The van der Waals surface area contributed by atoms with Crippen molar-refractivity contribution < 1.29 is 23.7 Å². The van der Waals surface area contributed by atoms with Gasteiger partial charge in [0.2, 0.25) is 5.75 Å². The third-order valence-corrected chi connectivity index (χ3v) is 6.39. The number of ether oxygens (including phenoxy) is 4. The Bertz CT molecular complexity index is 1230. The van der Waals surface area contributed by atoms with Crippen molar-refractivity contribution in [2.75, 3.05) is 58.2 Å². The first-order valence-electron chi connectivity index (χ1n) is 13.3. The smallest absolute Gasteiger partial charge is 0.412 e. The first kappa shape index (κ1) is 29.7. The average molecular weight is 541 g/mol. The van der Waals surface area contributed by atoms with Crippen LogP contribution in [0, 0.1) is 0 Å². The molecular formula is C28H40N6O5. The first-order chi connectivity index (χ1) is 18.9. The molecule has 2 aromatic heterocycles. The minimum atomic E-state index is -0.587. The maximum Gasteiger partial charge on any atom is 0.412 e. The number of pyridine rings is 1. The monoisotopic (exact) mass is 540 g/mol. The summed E-state index contributed by atoms with van der Waals surface area (Å²) in [7, 11) is 4.67. The lowest BCUT2D eigenvalue weighted by Gasteiger charge is -2.21. The van der Waals surface area contributed by atoms with E-state index in [1.807, 2.05) is 0 Å². The molecule has 0 aliphatic heterocycles. The van der Waals surface area contributed by atoms with Gasteiger partial charge in [-0.15, -0.1) is 0 Å². The van der Waals surface area contributed by atoms with E-state index in [4.69, 9.17) is 28.9 Å². The fourth-order valence-electron chi connectivity index (χ4n) is 4.31. The number of amides is 1. The predicted molar refractivity (Wildman–Crippen MR) is 153 cm³/mol. The van der Waals surface area contributed by atoms with Crippen LogP contribution in [0.15, 0.2) is 24.4 Å². The molecule has 1 atom stereocenters. The largest absolute Gasteiger partial charge is 0.493 e. The molecule has 0 unspecified atom stereocenters. The minimum absolute atomic E-state index is 0.165. The van der Waals surface area contributed by atoms with E-state index >= 15 is 0 Å². The third kappa shape index (κ3) is 7.60. The van der Waals surface area contributed by atoms with Crippen LogP contribution in [0.2, 0.25) is 0 Å². The van der Waals surface area contributed by atoms with Gasteiger partial charge in [-0.05, 0) is 58.5 Å². The Morgan fingerprint density at radius 3 is 2.28 bits per heavy atom. The second kappa shape index (κ2) is 14.3. The number of benzene rings is 1. The summed E-state index contributed by atoms with van der Waals surface area (Å²) in [5.41, 5.74) is 2.96. The molecule has 0 aliphatic carbocycles. The van der Waals surface area contributed by atoms with Crippen molar-refractivity contribution in [2.24, 2.45) is 0 Å². The van der Waals surface area contributed by atoms with Crippen molar-refractivity contribution >= 4 is 28.8 Å². The van der Waals surface area contributed by atoms with Crippen molar-refractivity contribution in [1.29, 1.82) is 0 Å². The van der Waals surface area contributed by atoms with Crippen LogP contribution in [0.5, 0.6) is 17.2 Å². The van der Waals surface area contributed by atoms with Gasteiger partial charge in [-0.2, -0.15) is 0 Å². The maximum absolute atomic E-state index is 12.2. The summed E-state index contributed by atoms with van der Waals surface area (Å²) in [4.78, 5) is 28.6. The lowest BCUT2D eigenvalue weighted by Crippen LogP contribution is -2.25. The van der Waals surface area contributed by atoms with Crippen LogP contribution in [0.25, 0.3) is 22.4 Å². The van der Waals surface area contributed by atoms with Gasteiger partial charge in [-0.1, -0.05) is 13.8 Å². The number of fused-ring (bicyclic) bond motifs is 1. The number of anilines is 2. The average Bonchev–Trinajstić information content (AvgIpc) is 2.94. The van der Waals surface area contributed by atoms with E-state index in [0.717, 1.165) is 38.2 Å². The van der Waals surface area contributed by atoms with E-state index in [9.17, 15) is 4.79 Å². The van der Waals surface area contributed by atoms with Crippen molar-refractivity contribution in [1.82, 2.24) is 19.9 Å². The Kier molecular flexibility index (Phi) is 10.9. The number of rotatable bonds is 14. The van der Waals surface area contributed by atoms with Crippen molar-refractivity contribution in [3.63, 3.8) is 0 Å². The number of methoxy groups -OCH3 is 3. The fraction of sp³-hybridized carbons (Fsp3) is 0.500. The molecule has 2 N–H and O–H groups in total. The van der Waals surface area contributed by atoms with Gasteiger partial charge >= 0.3 is 6.09 Å². The zero-order valence-corrected chi connectivity index (χ0v) is 24.0. The second-order valence-electron chi connectivity index (χ2n) is 8.96. The molecule has 39 heavy (non-hydrogen) atoms. The summed E-state index contributed by atoms with van der Waals surface area (Å²) in [5, 5.41) is 6.23. The number of carbonyl (C=O) groups is 1. The van der Waals surface area contributed by atoms with E-state index in [0.29, 0.717) is 45.5 Å². The zero-order valence-electron chi connectivity index (χ0n) is 24.0. The molecule has 1 aromatic carbocycles. The normalized spacial score (nSPS) is 11.8. The van der Waals surface area contributed by atoms with Gasteiger partial charge in [-0.25, -0.2) is 19.7 Å². The molecule has 0 radical (unpaired) electrons. The standard InChI is InChI=1S/C28H40N6O5/c1-8-34(9-2)13-11-12-18(4)30-20-16-24(33-28(35)39-10-3)32-27-25(20)29-17-21(31-27)19-14-22(36-5)26(38-7)23(15-19)37-6/h14-18H,8-13H2,1-7H3,(H2,30,31,32,33,35)/t18-/m0/s1. The number of nitrogens with one attached hydrogen (secondary N) is 2. The Hall–Kier alpha value is -3.86. The molecule has 11 heteroatoms. The van der Waals surface area contributed by atoms with Gasteiger partial charge < -0.3 is 29.2 Å². The summed E-state index contributed by atoms with van der Waals surface area (Å²) < 4.78 is 21.5. The third-order valence-electron chi connectivity index (χ3n) is 6.39. The quantitative estimate of drug-likeness (QED) is 0.282. The number of aromatic nitrogens is 3. The highest BCUT2D eigenvalue weighted by atomic mass is 16.5. The SMILES string of the molecule is CCOC(=O)Nc1cc(N[C@@H](C)CCCN(CC)CC)c2ncc(-c3cc(OC)c(OC)c(OC)c3)nc2n1. The number of hydrogen-bond acceptors (Lipinski definition) is 10. The summed E-state index contributed by atoms with van der Waals surface area (Å²) in [6, 6.07) is 5.52. The van der Waals surface area contributed by atoms with Crippen LogP contribution in [-0.4, -0.2) is 79.6 Å². The maximum atomic E-state index is 12.2. The molecule has 0 saturated carbocycles. The van der Waals surface area contributed by atoms with Crippen LogP contribution in [0.3, 0.4) is 0 Å². The van der Waals surface area contributed by atoms with Gasteiger partial charge in [-0.3, -0.25) is 5.32 Å². The molecule has 212 valence electrons. The topological polar surface area (TPSA) is 120 Å². The van der Waals surface area contributed by atoms with E-state index in [1.165, 1.54) is 0 Å². The highest BCUT2D eigenvalue weighted by molar-refractivity contribution is 5.92. The summed E-state index contributed by atoms with van der Waals surface area (Å²) in [6.45, 7) is 11.6. The zero-order chi connectivity index (χ0) is 28.4. The van der Waals surface area contributed by atoms with Gasteiger partial charge in [0, 0.05) is 17.7 Å². The molecule has 2 heterocycles. The summed E-state index contributed by atoms with van der Waals surface area (Å²) >= 11 is 0. The van der Waals surface area contributed by atoms with Crippen molar-refractivity contribution in [3.05, 3.63) is 24.4 Å². The lowest BCUT2D eigenvalue weighted by atomic mass is 10.1. The number of carbonyl (C=O) groups excluding carboxylic acids is 1. The number of nitrogens with zero attached hydrogens (tertiary/aromatic N) is 4. The second-order valence-corrected chi connectivity index (χ2v) is 8.96. The minimum Gasteiger partial charge on any atom is -0.493 e. The van der Waals surface area contributed by atoms with Crippen LogP contribution in [0.4, 0.5) is 16.3 Å². The Morgan fingerprint density at radius 2 is 1.69 bits per heavy atom. The molecule has 11 nitrogen and oxygen atoms in total. The van der Waals surface area contributed by atoms with Crippen molar-refractivity contribution in [3.8, 4) is 28.5 Å². The van der Waals surface area contributed by atoms with Gasteiger partial charge in [0.1, 0.15) is 11.3 Å².